The van der Waals surface area contributed by atoms with Crippen LogP contribution < -0.4 is 5.32 Å². The van der Waals surface area contributed by atoms with Crippen molar-refractivity contribution in [2.75, 3.05) is 5.32 Å². The fourth-order valence-corrected chi connectivity index (χ4v) is 2.50. The number of anilines is 1. The SMILES string of the molecule is Cc1nn(C)cc1C(C)Nc1ncnc2cccc(F)c12. The number of halogens is 1. The zero-order valence-electron chi connectivity index (χ0n) is 12.1. The number of hydrogen-bond donors (Lipinski definition) is 1. The molecule has 0 saturated carbocycles. The molecule has 3 rings (SSSR count). The molecule has 0 radical (unpaired) electrons. The van der Waals surface area contributed by atoms with E-state index in [-0.39, 0.29) is 11.9 Å². The summed E-state index contributed by atoms with van der Waals surface area (Å²) in [6, 6.07) is 4.79. The largest absolute Gasteiger partial charge is 0.363 e. The van der Waals surface area contributed by atoms with E-state index in [2.05, 4.69) is 20.4 Å². The second-order valence-corrected chi connectivity index (χ2v) is 5.07. The van der Waals surface area contributed by atoms with Gasteiger partial charge in [-0.3, -0.25) is 4.68 Å². The van der Waals surface area contributed by atoms with Gasteiger partial charge in [-0.1, -0.05) is 6.07 Å². The monoisotopic (exact) mass is 285 g/mol. The Kier molecular flexibility index (Phi) is 3.29. The van der Waals surface area contributed by atoms with Crippen LogP contribution in [-0.4, -0.2) is 19.7 Å². The van der Waals surface area contributed by atoms with E-state index in [0.717, 1.165) is 11.3 Å². The quantitative estimate of drug-likeness (QED) is 0.803. The van der Waals surface area contributed by atoms with E-state index in [9.17, 15) is 4.39 Å². The molecule has 0 saturated heterocycles. The zero-order chi connectivity index (χ0) is 15.0. The molecule has 2 heterocycles. The molecule has 6 heteroatoms. The summed E-state index contributed by atoms with van der Waals surface area (Å²) in [6.07, 6.45) is 3.39. The molecule has 5 nitrogen and oxygen atoms in total. The summed E-state index contributed by atoms with van der Waals surface area (Å²) in [5.41, 5.74) is 2.58. The Morgan fingerprint density at radius 2 is 2.10 bits per heavy atom. The summed E-state index contributed by atoms with van der Waals surface area (Å²) < 4.78 is 15.8. The van der Waals surface area contributed by atoms with Gasteiger partial charge in [0.25, 0.3) is 0 Å². The maximum absolute atomic E-state index is 14.0. The summed E-state index contributed by atoms with van der Waals surface area (Å²) in [7, 11) is 1.88. The first-order chi connectivity index (χ1) is 10.1. The van der Waals surface area contributed by atoms with E-state index >= 15 is 0 Å². The van der Waals surface area contributed by atoms with Crippen molar-refractivity contribution in [3.8, 4) is 0 Å². The van der Waals surface area contributed by atoms with Gasteiger partial charge < -0.3 is 5.32 Å². The number of nitrogens with one attached hydrogen (secondary N) is 1. The van der Waals surface area contributed by atoms with Crippen molar-refractivity contribution >= 4 is 16.7 Å². The number of hydrogen-bond acceptors (Lipinski definition) is 4. The molecule has 1 atom stereocenters. The van der Waals surface area contributed by atoms with Crippen molar-refractivity contribution in [1.29, 1.82) is 0 Å². The van der Waals surface area contributed by atoms with Gasteiger partial charge >= 0.3 is 0 Å². The Labute approximate surface area is 121 Å². The molecular weight excluding hydrogens is 269 g/mol. The first-order valence-corrected chi connectivity index (χ1v) is 6.72. The van der Waals surface area contributed by atoms with Crippen LogP contribution in [0.5, 0.6) is 0 Å². The lowest BCUT2D eigenvalue weighted by Gasteiger charge is -2.15. The topological polar surface area (TPSA) is 55.6 Å². The molecule has 108 valence electrons. The molecule has 0 bridgehead atoms. The molecule has 1 unspecified atom stereocenters. The molecule has 0 spiro atoms. The van der Waals surface area contributed by atoms with Gasteiger partial charge in [-0.25, -0.2) is 14.4 Å². The summed E-state index contributed by atoms with van der Waals surface area (Å²) in [5, 5.41) is 7.99. The molecule has 2 aromatic heterocycles. The summed E-state index contributed by atoms with van der Waals surface area (Å²) >= 11 is 0. The molecule has 1 aromatic carbocycles. The number of benzene rings is 1. The van der Waals surface area contributed by atoms with Crippen molar-refractivity contribution in [2.45, 2.75) is 19.9 Å². The van der Waals surface area contributed by atoms with E-state index in [1.807, 2.05) is 27.1 Å². The van der Waals surface area contributed by atoms with Gasteiger partial charge in [0.15, 0.2) is 0 Å². The van der Waals surface area contributed by atoms with Gasteiger partial charge in [0.1, 0.15) is 18.0 Å². The maximum Gasteiger partial charge on any atom is 0.140 e. The molecule has 0 aliphatic carbocycles. The van der Waals surface area contributed by atoms with E-state index < -0.39 is 0 Å². The third kappa shape index (κ3) is 2.44. The molecule has 0 fully saturated rings. The van der Waals surface area contributed by atoms with Crippen LogP contribution in [0.3, 0.4) is 0 Å². The van der Waals surface area contributed by atoms with E-state index in [0.29, 0.717) is 16.7 Å². The Morgan fingerprint density at radius 3 is 2.81 bits per heavy atom. The third-order valence-corrected chi connectivity index (χ3v) is 3.48. The second kappa shape index (κ2) is 5.12. The molecule has 3 aromatic rings. The molecular formula is C15H16FN5. The Hall–Kier alpha value is -2.50. The average Bonchev–Trinajstić information content (AvgIpc) is 2.78. The van der Waals surface area contributed by atoms with Crippen LogP contribution in [0.4, 0.5) is 10.2 Å². The van der Waals surface area contributed by atoms with Crippen LogP contribution in [0.15, 0.2) is 30.7 Å². The van der Waals surface area contributed by atoms with Gasteiger partial charge in [-0.15, -0.1) is 0 Å². The van der Waals surface area contributed by atoms with Crippen LogP contribution in [0.1, 0.15) is 24.2 Å². The fraction of sp³-hybridized carbons (Fsp3) is 0.267. The molecule has 0 amide bonds. The summed E-state index contributed by atoms with van der Waals surface area (Å²) in [6.45, 7) is 3.95. The number of rotatable bonds is 3. The molecule has 21 heavy (non-hydrogen) atoms. The molecule has 0 aliphatic rings. The highest BCUT2D eigenvalue weighted by Gasteiger charge is 2.15. The summed E-state index contributed by atoms with van der Waals surface area (Å²) in [4.78, 5) is 8.28. The van der Waals surface area contributed by atoms with Crippen molar-refractivity contribution in [3.05, 3.63) is 47.8 Å². The van der Waals surface area contributed by atoms with Gasteiger partial charge in [-0.05, 0) is 26.0 Å². The van der Waals surface area contributed by atoms with Crippen LogP contribution in [0.25, 0.3) is 10.9 Å². The van der Waals surface area contributed by atoms with Gasteiger partial charge in [0.2, 0.25) is 0 Å². The highest BCUT2D eigenvalue weighted by atomic mass is 19.1. The minimum absolute atomic E-state index is 0.0311. The minimum Gasteiger partial charge on any atom is -0.363 e. The summed E-state index contributed by atoms with van der Waals surface area (Å²) in [5.74, 6) is 0.166. The van der Waals surface area contributed by atoms with Crippen LogP contribution in [0, 0.1) is 12.7 Å². The maximum atomic E-state index is 14.0. The highest BCUT2D eigenvalue weighted by molar-refractivity contribution is 5.89. The smallest absolute Gasteiger partial charge is 0.140 e. The highest BCUT2D eigenvalue weighted by Crippen LogP contribution is 2.26. The van der Waals surface area contributed by atoms with E-state index in [1.165, 1.54) is 12.4 Å². The predicted octanol–water partition coefficient (Wildman–Crippen LogP) is 2.98. The first kappa shape index (κ1) is 13.5. The molecule has 0 aliphatic heterocycles. The van der Waals surface area contributed by atoms with Gasteiger partial charge in [-0.2, -0.15) is 5.10 Å². The second-order valence-electron chi connectivity index (χ2n) is 5.07. The predicted molar refractivity (Wildman–Crippen MR) is 79.5 cm³/mol. The van der Waals surface area contributed by atoms with Crippen molar-refractivity contribution in [3.63, 3.8) is 0 Å². The minimum atomic E-state index is -0.328. The fourth-order valence-electron chi connectivity index (χ4n) is 2.50. The Balaban J connectivity index is 2.00. The van der Waals surface area contributed by atoms with E-state index in [4.69, 9.17) is 0 Å². The van der Waals surface area contributed by atoms with Crippen molar-refractivity contribution in [2.24, 2.45) is 7.05 Å². The first-order valence-electron chi connectivity index (χ1n) is 6.72. The van der Waals surface area contributed by atoms with Crippen LogP contribution >= 0.6 is 0 Å². The normalized spacial score (nSPS) is 12.6. The average molecular weight is 285 g/mol. The lowest BCUT2D eigenvalue weighted by atomic mass is 10.1. The Bertz CT molecular complexity index is 791. The third-order valence-electron chi connectivity index (χ3n) is 3.48. The number of nitrogens with zero attached hydrogens (tertiary/aromatic N) is 4. The zero-order valence-corrected chi connectivity index (χ0v) is 12.1. The Morgan fingerprint density at radius 1 is 1.29 bits per heavy atom. The van der Waals surface area contributed by atoms with Crippen molar-refractivity contribution < 1.29 is 4.39 Å². The number of aromatic nitrogens is 4. The van der Waals surface area contributed by atoms with Gasteiger partial charge in [0, 0.05) is 18.8 Å². The number of aryl methyl sites for hydroxylation is 2. The van der Waals surface area contributed by atoms with Crippen molar-refractivity contribution in [1.82, 2.24) is 19.7 Å². The molecule has 1 N–H and O–H groups in total. The standard InChI is InChI=1S/C15H16FN5/c1-9(11-7-21(3)20-10(11)2)19-15-14-12(16)5-4-6-13(14)17-8-18-15/h4-9H,1-3H3,(H,17,18,19). The van der Waals surface area contributed by atoms with Crippen LogP contribution in [-0.2, 0) is 7.05 Å². The van der Waals surface area contributed by atoms with Gasteiger partial charge in [0.05, 0.1) is 22.6 Å². The van der Waals surface area contributed by atoms with E-state index in [1.54, 1.807) is 16.8 Å². The lowest BCUT2D eigenvalue weighted by molar-refractivity contribution is 0.639. The number of fused-ring (bicyclic) bond motifs is 1. The lowest BCUT2D eigenvalue weighted by Crippen LogP contribution is -2.09. The van der Waals surface area contributed by atoms with Crippen LogP contribution in [0.2, 0.25) is 0 Å².